The first kappa shape index (κ1) is 21.3. The molecule has 0 radical (unpaired) electrons. The van der Waals surface area contributed by atoms with E-state index in [1.54, 1.807) is 23.1 Å². The molecule has 1 N–H and O–H groups in total. The summed E-state index contributed by atoms with van der Waals surface area (Å²) in [6.45, 7) is 0.504. The third-order valence-electron chi connectivity index (χ3n) is 4.59. The number of thiocarbonyl (C=S) groups is 1. The van der Waals surface area contributed by atoms with Gasteiger partial charge in [-0.15, -0.1) is 0 Å². The molecule has 0 aliphatic carbocycles. The van der Waals surface area contributed by atoms with Gasteiger partial charge in [-0.1, -0.05) is 65.9 Å². The van der Waals surface area contributed by atoms with Gasteiger partial charge in [0.05, 0.1) is 10.5 Å². The number of aromatic nitrogens is 1. The van der Waals surface area contributed by atoms with E-state index in [2.05, 4.69) is 4.98 Å². The van der Waals surface area contributed by atoms with Crippen LogP contribution in [0.5, 0.6) is 0 Å². The third kappa shape index (κ3) is 4.71. The standard InChI is InChI=1S/C22H15ClN2O4S2/c23-19-16(21(27)28)10-14(12-24-19)17-7-6-15(29-17)11-18-20(26)25(22(30)31-18)9-8-13-4-2-1-3-5-13/h1-7,10-12H,8-9H2,(H,27,28)/b18-11-. The van der Waals surface area contributed by atoms with Gasteiger partial charge in [0.25, 0.3) is 5.91 Å². The molecule has 1 fully saturated rings. The Labute approximate surface area is 192 Å². The number of carbonyl (C=O) groups is 2. The summed E-state index contributed by atoms with van der Waals surface area (Å²) in [6.07, 6.45) is 3.77. The topological polar surface area (TPSA) is 83.6 Å². The maximum absolute atomic E-state index is 12.8. The van der Waals surface area contributed by atoms with Crippen molar-refractivity contribution in [3.05, 3.63) is 81.7 Å². The number of carbonyl (C=O) groups excluding carboxylic acids is 1. The number of pyridine rings is 1. The molecule has 1 aliphatic heterocycles. The van der Waals surface area contributed by atoms with Crippen molar-refractivity contribution in [2.24, 2.45) is 0 Å². The molecule has 1 aromatic carbocycles. The predicted molar refractivity (Wildman–Crippen MR) is 124 cm³/mol. The number of halogens is 1. The number of nitrogens with zero attached hydrogens (tertiary/aromatic N) is 2. The van der Waals surface area contributed by atoms with Crippen LogP contribution < -0.4 is 0 Å². The van der Waals surface area contributed by atoms with Gasteiger partial charge in [-0.05, 0) is 30.2 Å². The van der Waals surface area contributed by atoms with Gasteiger partial charge in [0.15, 0.2) is 0 Å². The highest BCUT2D eigenvalue weighted by Gasteiger charge is 2.32. The first-order valence-electron chi connectivity index (χ1n) is 9.21. The van der Waals surface area contributed by atoms with Crippen molar-refractivity contribution in [2.45, 2.75) is 6.42 Å². The summed E-state index contributed by atoms with van der Waals surface area (Å²) in [5.41, 5.74) is 1.49. The smallest absolute Gasteiger partial charge is 0.338 e. The van der Waals surface area contributed by atoms with Crippen LogP contribution in [-0.2, 0) is 11.2 Å². The zero-order valence-electron chi connectivity index (χ0n) is 15.9. The average Bonchev–Trinajstić information content (AvgIpc) is 3.32. The third-order valence-corrected chi connectivity index (χ3v) is 6.27. The average molecular weight is 471 g/mol. The highest BCUT2D eigenvalue weighted by Crippen LogP contribution is 2.34. The molecular formula is C22H15ClN2O4S2. The van der Waals surface area contributed by atoms with Crippen LogP contribution in [0.15, 0.2) is 64.1 Å². The summed E-state index contributed by atoms with van der Waals surface area (Å²) >= 11 is 12.4. The Balaban J connectivity index is 1.50. The zero-order chi connectivity index (χ0) is 22.0. The maximum Gasteiger partial charge on any atom is 0.338 e. The minimum Gasteiger partial charge on any atom is -0.478 e. The molecule has 1 aliphatic rings. The van der Waals surface area contributed by atoms with E-state index in [1.807, 2.05) is 30.3 Å². The maximum atomic E-state index is 12.8. The molecule has 3 heterocycles. The fourth-order valence-corrected chi connectivity index (χ4v) is 4.50. The second kappa shape index (κ2) is 9.05. The molecule has 1 saturated heterocycles. The Hall–Kier alpha value is -2.94. The minimum absolute atomic E-state index is 0.0952. The van der Waals surface area contributed by atoms with Crippen molar-refractivity contribution in [1.29, 1.82) is 0 Å². The summed E-state index contributed by atoms with van der Waals surface area (Å²) in [5.74, 6) is -0.474. The number of amides is 1. The Morgan fingerprint density at radius 1 is 1.26 bits per heavy atom. The van der Waals surface area contributed by atoms with Crippen molar-refractivity contribution in [3.63, 3.8) is 0 Å². The van der Waals surface area contributed by atoms with E-state index in [0.29, 0.717) is 39.3 Å². The molecule has 0 bridgehead atoms. The molecule has 0 saturated carbocycles. The second-order valence-electron chi connectivity index (χ2n) is 6.64. The van der Waals surface area contributed by atoms with Crippen molar-refractivity contribution < 1.29 is 19.1 Å². The number of hydrogen-bond acceptors (Lipinski definition) is 6. The molecule has 0 unspecified atom stereocenters. The van der Waals surface area contributed by atoms with Crippen LogP contribution in [0.25, 0.3) is 17.4 Å². The number of hydrogen-bond donors (Lipinski definition) is 1. The van der Waals surface area contributed by atoms with Crippen LogP contribution in [0.3, 0.4) is 0 Å². The molecule has 156 valence electrons. The first-order chi connectivity index (χ1) is 14.9. The lowest BCUT2D eigenvalue weighted by Gasteiger charge is -2.14. The number of carboxylic acids is 1. The monoisotopic (exact) mass is 470 g/mol. The Bertz CT molecular complexity index is 1210. The zero-order valence-corrected chi connectivity index (χ0v) is 18.3. The second-order valence-corrected chi connectivity index (χ2v) is 8.67. The van der Waals surface area contributed by atoms with Gasteiger partial charge >= 0.3 is 5.97 Å². The molecule has 0 atom stereocenters. The van der Waals surface area contributed by atoms with Crippen molar-refractivity contribution in [2.75, 3.05) is 6.54 Å². The Kier molecular flexibility index (Phi) is 6.22. The van der Waals surface area contributed by atoms with Gasteiger partial charge in [0.2, 0.25) is 0 Å². The van der Waals surface area contributed by atoms with Gasteiger partial charge in [-0.2, -0.15) is 0 Å². The molecular weight excluding hydrogens is 456 g/mol. The number of benzene rings is 1. The first-order valence-corrected chi connectivity index (χ1v) is 10.8. The van der Waals surface area contributed by atoms with Gasteiger partial charge in [0, 0.05) is 24.4 Å². The van der Waals surface area contributed by atoms with Crippen LogP contribution in [-0.4, -0.2) is 37.7 Å². The van der Waals surface area contributed by atoms with Gasteiger partial charge in [0.1, 0.15) is 21.0 Å². The molecule has 1 amide bonds. The summed E-state index contributed by atoms with van der Waals surface area (Å²) in [4.78, 5) is 30.0. The number of carboxylic acid groups (broad SMARTS) is 1. The van der Waals surface area contributed by atoms with Crippen molar-refractivity contribution >= 4 is 57.9 Å². The van der Waals surface area contributed by atoms with E-state index in [0.717, 1.165) is 5.56 Å². The number of thioether (sulfide) groups is 1. The number of rotatable bonds is 6. The summed E-state index contributed by atoms with van der Waals surface area (Å²) in [6, 6.07) is 14.7. The van der Waals surface area contributed by atoms with Crippen LogP contribution in [0.4, 0.5) is 0 Å². The Morgan fingerprint density at radius 3 is 2.77 bits per heavy atom. The summed E-state index contributed by atoms with van der Waals surface area (Å²) in [5, 5.41) is 9.11. The van der Waals surface area contributed by atoms with E-state index < -0.39 is 5.97 Å². The molecule has 0 spiro atoms. The van der Waals surface area contributed by atoms with Crippen LogP contribution in [0.2, 0.25) is 5.15 Å². The number of furan rings is 1. The van der Waals surface area contributed by atoms with Crippen LogP contribution in [0, 0.1) is 0 Å². The number of aromatic carboxylic acids is 1. The molecule has 9 heteroatoms. The quantitative estimate of drug-likeness (QED) is 0.303. The molecule has 3 aromatic rings. The summed E-state index contributed by atoms with van der Waals surface area (Å²) in [7, 11) is 0. The largest absolute Gasteiger partial charge is 0.478 e. The highest BCUT2D eigenvalue weighted by atomic mass is 35.5. The van der Waals surface area contributed by atoms with E-state index in [9.17, 15) is 14.7 Å². The minimum atomic E-state index is -1.18. The van der Waals surface area contributed by atoms with Crippen LogP contribution >= 0.6 is 35.6 Å². The molecule has 4 rings (SSSR count). The predicted octanol–water partition coefficient (Wildman–Crippen LogP) is 5.14. The highest BCUT2D eigenvalue weighted by molar-refractivity contribution is 8.26. The van der Waals surface area contributed by atoms with Crippen molar-refractivity contribution in [1.82, 2.24) is 9.88 Å². The SMILES string of the molecule is O=C(O)c1cc(-c2ccc(/C=C3\SC(=S)N(CCc4ccccc4)C3=O)o2)cnc1Cl. The van der Waals surface area contributed by atoms with E-state index in [4.69, 9.17) is 28.2 Å². The van der Waals surface area contributed by atoms with E-state index in [-0.39, 0.29) is 16.6 Å². The normalized spacial score (nSPS) is 15.1. The van der Waals surface area contributed by atoms with Gasteiger partial charge in [-0.25, -0.2) is 9.78 Å². The van der Waals surface area contributed by atoms with Gasteiger partial charge in [-0.3, -0.25) is 9.69 Å². The lowest BCUT2D eigenvalue weighted by molar-refractivity contribution is -0.122. The van der Waals surface area contributed by atoms with Crippen molar-refractivity contribution in [3.8, 4) is 11.3 Å². The van der Waals surface area contributed by atoms with Crippen LogP contribution in [0.1, 0.15) is 21.7 Å². The summed E-state index contributed by atoms with van der Waals surface area (Å²) < 4.78 is 6.28. The van der Waals surface area contributed by atoms with Gasteiger partial charge < -0.3 is 9.52 Å². The molecule has 2 aromatic heterocycles. The van der Waals surface area contributed by atoms with E-state index in [1.165, 1.54) is 24.0 Å². The fourth-order valence-electron chi connectivity index (χ4n) is 3.03. The fraction of sp³-hybridized carbons (Fsp3) is 0.0909. The lowest BCUT2D eigenvalue weighted by Crippen LogP contribution is -2.30. The van der Waals surface area contributed by atoms with E-state index >= 15 is 0 Å². The Morgan fingerprint density at radius 2 is 2.03 bits per heavy atom. The lowest BCUT2D eigenvalue weighted by atomic mass is 10.1. The molecule has 31 heavy (non-hydrogen) atoms. The molecule has 6 nitrogen and oxygen atoms in total.